The van der Waals surface area contributed by atoms with Gasteiger partial charge in [-0.2, -0.15) is 13.2 Å². The van der Waals surface area contributed by atoms with Crippen LogP contribution in [0.1, 0.15) is 41.8 Å². The summed E-state index contributed by atoms with van der Waals surface area (Å²) >= 11 is 0. The summed E-state index contributed by atoms with van der Waals surface area (Å²) in [7, 11) is 0. The van der Waals surface area contributed by atoms with Crippen LogP contribution in [-0.4, -0.2) is 57.7 Å². The minimum atomic E-state index is -4.62. The summed E-state index contributed by atoms with van der Waals surface area (Å²) in [6.07, 6.45) is 0.304. The second kappa shape index (κ2) is 8.81. The van der Waals surface area contributed by atoms with Crippen LogP contribution in [0, 0.1) is 5.82 Å². The Morgan fingerprint density at radius 3 is 2.87 bits per heavy atom. The molecular formula is C26H24F4N6O2. The minimum Gasteiger partial charge on any atom is -0.493 e. The van der Waals surface area contributed by atoms with E-state index in [2.05, 4.69) is 20.3 Å². The number of carbonyl (C=O) groups excluding carboxylic acids is 1. The van der Waals surface area contributed by atoms with Gasteiger partial charge in [0.15, 0.2) is 6.04 Å². The molecule has 8 nitrogen and oxygen atoms in total. The van der Waals surface area contributed by atoms with Crippen molar-refractivity contribution in [3.8, 4) is 5.75 Å². The Morgan fingerprint density at radius 2 is 2.11 bits per heavy atom. The summed E-state index contributed by atoms with van der Waals surface area (Å²) in [5, 5.41) is 3.08. The molecule has 5 heterocycles. The van der Waals surface area contributed by atoms with E-state index in [-0.39, 0.29) is 30.9 Å². The standard InChI is InChI=1S/C26H24F4N6O2/c1-13(2)35-11-14-7-21(26(28,29)30)31-8-16(14)18-10-33-25(36-12-34-22(23(18)36)24(35)37)32-9-17-15-5-6-38-20(15)4-3-19(17)27/h3-4,7-8,10,12-13,22-23H,5-6,9,11H2,1-2H3,(H,32,33). The average molecular weight is 529 g/mol. The number of ether oxygens (including phenoxy) is 1. The van der Waals surface area contributed by atoms with Crippen LogP contribution in [0.5, 0.6) is 5.75 Å². The van der Waals surface area contributed by atoms with E-state index >= 15 is 0 Å². The summed E-state index contributed by atoms with van der Waals surface area (Å²) in [4.78, 5) is 29.6. The van der Waals surface area contributed by atoms with Gasteiger partial charge in [0, 0.05) is 53.7 Å². The predicted octanol–water partition coefficient (Wildman–Crippen LogP) is 3.51. The molecule has 0 spiro atoms. The molecular weight excluding hydrogens is 504 g/mol. The van der Waals surface area contributed by atoms with E-state index in [1.807, 2.05) is 13.8 Å². The highest BCUT2D eigenvalue weighted by atomic mass is 19.4. The monoisotopic (exact) mass is 528 g/mol. The number of aliphatic imine (C=N–C) groups is 2. The molecule has 38 heavy (non-hydrogen) atoms. The fourth-order valence-electron chi connectivity index (χ4n) is 5.37. The topological polar surface area (TPSA) is 82.4 Å². The van der Waals surface area contributed by atoms with Gasteiger partial charge in [-0.1, -0.05) is 0 Å². The lowest BCUT2D eigenvalue weighted by molar-refractivity contribution is -0.141. The third-order valence-corrected chi connectivity index (χ3v) is 7.29. The van der Waals surface area contributed by atoms with Crippen LogP contribution in [-0.2, 0) is 30.5 Å². The van der Waals surface area contributed by atoms with Gasteiger partial charge < -0.3 is 15.0 Å². The molecule has 0 fully saturated rings. The van der Waals surface area contributed by atoms with Crippen LogP contribution in [0.25, 0.3) is 5.57 Å². The van der Waals surface area contributed by atoms with Crippen LogP contribution >= 0.6 is 0 Å². The quantitative estimate of drug-likeness (QED) is 0.617. The summed E-state index contributed by atoms with van der Waals surface area (Å²) in [5.74, 6) is 0.320. The summed E-state index contributed by atoms with van der Waals surface area (Å²) in [6.45, 7) is 4.13. The SMILES string of the molecule is CC(C)N1Cc2cc(C(F)(F)F)ncc2C2=CNC(=NCc3c(F)ccc4c3CCO4)N3C=NC(C1=O)C23. The molecule has 198 valence electrons. The first-order chi connectivity index (χ1) is 18.1. The van der Waals surface area contributed by atoms with Crippen LogP contribution in [0.4, 0.5) is 17.6 Å². The highest BCUT2D eigenvalue weighted by molar-refractivity contribution is 6.03. The Bertz CT molecular complexity index is 1420. The maximum atomic E-state index is 14.7. The maximum absolute atomic E-state index is 14.7. The summed E-state index contributed by atoms with van der Waals surface area (Å²) in [5.41, 5.74) is 1.62. The molecule has 4 aliphatic rings. The zero-order valence-corrected chi connectivity index (χ0v) is 20.6. The number of carbonyl (C=O) groups is 1. The fourth-order valence-corrected chi connectivity index (χ4v) is 5.37. The van der Waals surface area contributed by atoms with Crippen LogP contribution < -0.4 is 10.1 Å². The van der Waals surface area contributed by atoms with Crippen molar-refractivity contribution in [2.75, 3.05) is 6.61 Å². The van der Waals surface area contributed by atoms with E-state index in [1.54, 1.807) is 17.2 Å². The zero-order valence-electron chi connectivity index (χ0n) is 20.6. The van der Waals surface area contributed by atoms with Gasteiger partial charge in [-0.25, -0.2) is 9.38 Å². The lowest BCUT2D eigenvalue weighted by Gasteiger charge is -2.39. The van der Waals surface area contributed by atoms with Gasteiger partial charge in [0.25, 0.3) is 0 Å². The van der Waals surface area contributed by atoms with E-state index in [1.165, 1.54) is 23.5 Å². The van der Waals surface area contributed by atoms with Gasteiger partial charge in [-0.15, -0.1) is 0 Å². The van der Waals surface area contributed by atoms with Crippen molar-refractivity contribution in [1.82, 2.24) is 20.1 Å². The number of guanidine groups is 1. The van der Waals surface area contributed by atoms with Crippen molar-refractivity contribution in [3.05, 3.63) is 64.4 Å². The lowest BCUT2D eigenvalue weighted by Crippen LogP contribution is -2.55. The molecule has 6 rings (SSSR count). The highest BCUT2D eigenvalue weighted by Crippen LogP contribution is 2.38. The van der Waals surface area contributed by atoms with Gasteiger partial charge in [0.1, 0.15) is 17.3 Å². The number of nitrogens with one attached hydrogen (secondary N) is 1. The zero-order chi connectivity index (χ0) is 26.8. The molecule has 0 aliphatic carbocycles. The molecule has 2 atom stereocenters. The molecule has 2 aromatic rings. The van der Waals surface area contributed by atoms with Crippen molar-refractivity contribution in [3.63, 3.8) is 0 Å². The fraction of sp³-hybridized carbons (Fsp3) is 0.385. The molecule has 0 radical (unpaired) electrons. The average Bonchev–Trinajstić information content (AvgIpc) is 3.52. The Morgan fingerprint density at radius 1 is 1.29 bits per heavy atom. The number of benzene rings is 1. The number of hydrogen-bond acceptors (Lipinski definition) is 5. The van der Waals surface area contributed by atoms with Crippen LogP contribution in [0.3, 0.4) is 0 Å². The van der Waals surface area contributed by atoms with Crippen molar-refractivity contribution in [2.24, 2.45) is 9.98 Å². The number of hydrogen-bond donors (Lipinski definition) is 1. The number of pyridine rings is 1. The molecule has 0 saturated carbocycles. The van der Waals surface area contributed by atoms with Crippen molar-refractivity contribution >= 4 is 23.8 Å². The molecule has 0 saturated heterocycles. The Kier molecular flexibility index (Phi) is 5.65. The predicted molar refractivity (Wildman–Crippen MR) is 131 cm³/mol. The molecule has 1 amide bonds. The van der Waals surface area contributed by atoms with E-state index in [0.717, 1.165) is 11.6 Å². The van der Waals surface area contributed by atoms with Gasteiger partial charge in [-0.05, 0) is 37.6 Å². The number of aromatic nitrogens is 1. The van der Waals surface area contributed by atoms with Crippen molar-refractivity contribution < 1.29 is 27.1 Å². The van der Waals surface area contributed by atoms with Gasteiger partial charge >= 0.3 is 6.18 Å². The van der Waals surface area contributed by atoms with E-state index in [0.29, 0.717) is 47.0 Å². The largest absolute Gasteiger partial charge is 0.493 e. The molecule has 2 unspecified atom stereocenters. The van der Waals surface area contributed by atoms with Crippen molar-refractivity contribution in [2.45, 2.75) is 57.7 Å². The van der Waals surface area contributed by atoms with Crippen LogP contribution in [0.15, 0.2) is 40.6 Å². The number of amides is 1. The molecule has 4 aliphatic heterocycles. The molecule has 12 heteroatoms. The Labute approximate surface area is 215 Å². The second-order valence-electron chi connectivity index (χ2n) is 9.83. The van der Waals surface area contributed by atoms with E-state index in [9.17, 15) is 22.4 Å². The normalized spacial score (nSPS) is 23.0. The first kappa shape index (κ1) is 24.4. The summed E-state index contributed by atoms with van der Waals surface area (Å²) < 4.78 is 60.7. The number of alkyl halides is 3. The molecule has 1 N–H and O–H groups in total. The first-order valence-corrected chi connectivity index (χ1v) is 12.3. The first-order valence-electron chi connectivity index (χ1n) is 12.3. The van der Waals surface area contributed by atoms with E-state index in [4.69, 9.17) is 4.74 Å². The van der Waals surface area contributed by atoms with E-state index < -0.39 is 24.0 Å². The maximum Gasteiger partial charge on any atom is 0.433 e. The number of rotatable bonds is 3. The lowest BCUT2D eigenvalue weighted by atomic mass is 9.87. The minimum absolute atomic E-state index is 0.00503. The third-order valence-electron chi connectivity index (χ3n) is 7.29. The van der Waals surface area contributed by atoms with Gasteiger partial charge in [-0.3, -0.25) is 19.7 Å². The third kappa shape index (κ3) is 3.89. The van der Waals surface area contributed by atoms with Crippen molar-refractivity contribution in [1.29, 1.82) is 0 Å². The van der Waals surface area contributed by atoms with Gasteiger partial charge in [0.05, 0.1) is 25.5 Å². The highest BCUT2D eigenvalue weighted by Gasteiger charge is 2.47. The second-order valence-corrected chi connectivity index (χ2v) is 9.83. The molecule has 0 bridgehead atoms. The smallest absolute Gasteiger partial charge is 0.433 e. The summed E-state index contributed by atoms with van der Waals surface area (Å²) in [6, 6.07) is 2.23. The Hall–Kier alpha value is -3.96. The van der Waals surface area contributed by atoms with Crippen LogP contribution in [0.2, 0.25) is 0 Å². The molecule has 1 aromatic heterocycles. The molecule has 1 aromatic carbocycles. The number of halogens is 4. The number of nitrogens with zero attached hydrogens (tertiary/aromatic N) is 5. The number of fused-ring (bicyclic) bond motifs is 3. The van der Waals surface area contributed by atoms with Gasteiger partial charge in [0.2, 0.25) is 11.9 Å². The Balaban J connectivity index is 1.42.